The van der Waals surface area contributed by atoms with Crippen molar-refractivity contribution in [2.45, 2.75) is 6.54 Å². The molecule has 0 radical (unpaired) electrons. The highest BCUT2D eigenvalue weighted by atomic mass is 19.2. The predicted octanol–water partition coefficient (Wildman–Crippen LogP) is 1.89. The number of hydrogen-bond donors (Lipinski definition) is 2. The van der Waals surface area contributed by atoms with E-state index in [2.05, 4.69) is 10.4 Å². The molecular formula is C11H12F2N4. The molecule has 2 rings (SSSR count). The fourth-order valence-electron chi connectivity index (χ4n) is 1.48. The number of hydrogen-bond acceptors (Lipinski definition) is 3. The van der Waals surface area contributed by atoms with Gasteiger partial charge in [-0.1, -0.05) is 0 Å². The maximum atomic E-state index is 13.4. The summed E-state index contributed by atoms with van der Waals surface area (Å²) in [5.74, 6) is -1.90. The summed E-state index contributed by atoms with van der Waals surface area (Å²) in [6.07, 6.45) is 1.77. The van der Waals surface area contributed by atoms with Crippen LogP contribution in [0.4, 0.5) is 20.2 Å². The van der Waals surface area contributed by atoms with Crippen LogP contribution in [0.2, 0.25) is 0 Å². The molecule has 0 aliphatic heterocycles. The Bertz CT molecular complexity index is 536. The SMILES string of the molecule is Cn1ccc(CNc2c(N)ccc(F)c2F)n1. The Hall–Kier alpha value is -2.11. The highest BCUT2D eigenvalue weighted by Gasteiger charge is 2.11. The highest BCUT2D eigenvalue weighted by molar-refractivity contribution is 5.66. The molecule has 0 unspecified atom stereocenters. The number of rotatable bonds is 3. The molecule has 0 amide bonds. The molecule has 17 heavy (non-hydrogen) atoms. The van der Waals surface area contributed by atoms with Crippen LogP contribution in [0.3, 0.4) is 0 Å². The summed E-state index contributed by atoms with van der Waals surface area (Å²) >= 11 is 0. The molecule has 3 N–H and O–H groups in total. The zero-order chi connectivity index (χ0) is 12.4. The van der Waals surface area contributed by atoms with E-state index in [-0.39, 0.29) is 17.9 Å². The van der Waals surface area contributed by atoms with Crippen LogP contribution in [0.25, 0.3) is 0 Å². The molecule has 0 aliphatic rings. The molecule has 4 nitrogen and oxygen atoms in total. The van der Waals surface area contributed by atoms with Gasteiger partial charge in [0.1, 0.15) is 0 Å². The first-order valence-corrected chi connectivity index (χ1v) is 5.04. The molecule has 0 aliphatic carbocycles. The van der Waals surface area contributed by atoms with Crippen LogP contribution >= 0.6 is 0 Å². The number of benzene rings is 1. The lowest BCUT2D eigenvalue weighted by atomic mass is 10.2. The maximum Gasteiger partial charge on any atom is 0.183 e. The first-order valence-electron chi connectivity index (χ1n) is 5.04. The van der Waals surface area contributed by atoms with Crippen molar-refractivity contribution in [3.05, 3.63) is 41.7 Å². The summed E-state index contributed by atoms with van der Waals surface area (Å²) in [7, 11) is 1.78. The molecule has 0 fully saturated rings. The fourth-order valence-corrected chi connectivity index (χ4v) is 1.48. The number of aryl methyl sites for hydroxylation is 1. The van der Waals surface area contributed by atoms with E-state index >= 15 is 0 Å². The van der Waals surface area contributed by atoms with Gasteiger partial charge in [0.15, 0.2) is 11.6 Å². The Labute approximate surface area is 97.0 Å². The minimum absolute atomic E-state index is 0.0318. The van der Waals surface area contributed by atoms with Crippen LogP contribution < -0.4 is 11.1 Å². The van der Waals surface area contributed by atoms with Crippen molar-refractivity contribution < 1.29 is 8.78 Å². The zero-order valence-corrected chi connectivity index (χ0v) is 9.24. The largest absolute Gasteiger partial charge is 0.397 e. The second-order valence-electron chi connectivity index (χ2n) is 3.66. The van der Waals surface area contributed by atoms with Gasteiger partial charge in [-0.05, 0) is 18.2 Å². The summed E-state index contributed by atoms with van der Waals surface area (Å²) in [5.41, 5.74) is 6.42. The molecule has 1 heterocycles. The number of nitrogen functional groups attached to an aromatic ring is 1. The smallest absolute Gasteiger partial charge is 0.183 e. The van der Waals surface area contributed by atoms with Gasteiger partial charge in [0.05, 0.1) is 23.6 Å². The standard InChI is InChI=1S/C11H12F2N4/c1-17-5-4-7(16-17)6-15-11-9(14)3-2-8(12)10(11)13/h2-5,15H,6,14H2,1H3. The molecule has 6 heteroatoms. The minimum Gasteiger partial charge on any atom is -0.397 e. The summed E-state index contributed by atoms with van der Waals surface area (Å²) in [6.45, 7) is 0.283. The van der Waals surface area contributed by atoms with Crippen LogP contribution in [0.15, 0.2) is 24.4 Å². The van der Waals surface area contributed by atoms with Crippen LogP contribution in [-0.2, 0) is 13.6 Å². The van der Waals surface area contributed by atoms with E-state index in [4.69, 9.17) is 5.73 Å². The average molecular weight is 238 g/mol. The predicted molar refractivity (Wildman–Crippen MR) is 61.3 cm³/mol. The van der Waals surface area contributed by atoms with Gasteiger partial charge in [-0.2, -0.15) is 5.10 Å². The molecule has 0 spiro atoms. The summed E-state index contributed by atoms with van der Waals surface area (Å²) in [6, 6.07) is 4.09. The van der Waals surface area contributed by atoms with Gasteiger partial charge < -0.3 is 11.1 Å². The number of nitrogens with zero attached hydrogens (tertiary/aromatic N) is 2. The van der Waals surface area contributed by atoms with Gasteiger partial charge in [0.2, 0.25) is 0 Å². The lowest BCUT2D eigenvalue weighted by Crippen LogP contribution is -2.06. The zero-order valence-electron chi connectivity index (χ0n) is 9.24. The van der Waals surface area contributed by atoms with Crippen molar-refractivity contribution in [1.29, 1.82) is 0 Å². The van der Waals surface area contributed by atoms with Gasteiger partial charge in [-0.25, -0.2) is 8.78 Å². The molecule has 0 bridgehead atoms. The van der Waals surface area contributed by atoms with Gasteiger partial charge in [0, 0.05) is 13.2 Å². The van der Waals surface area contributed by atoms with Crippen molar-refractivity contribution in [2.75, 3.05) is 11.1 Å². The Morgan fingerprint density at radius 2 is 2.12 bits per heavy atom. The van der Waals surface area contributed by atoms with Crippen LogP contribution in [0, 0.1) is 11.6 Å². The molecule has 2 aromatic rings. The number of halogens is 2. The third kappa shape index (κ3) is 2.35. The average Bonchev–Trinajstić information content (AvgIpc) is 2.70. The van der Waals surface area contributed by atoms with Crippen molar-refractivity contribution >= 4 is 11.4 Å². The van der Waals surface area contributed by atoms with Crippen molar-refractivity contribution in [2.24, 2.45) is 7.05 Å². The van der Waals surface area contributed by atoms with E-state index in [0.29, 0.717) is 0 Å². The van der Waals surface area contributed by atoms with Crippen LogP contribution in [-0.4, -0.2) is 9.78 Å². The maximum absolute atomic E-state index is 13.4. The highest BCUT2D eigenvalue weighted by Crippen LogP contribution is 2.24. The first-order chi connectivity index (χ1) is 8.08. The minimum atomic E-state index is -0.971. The Balaban J connectivity index is 2.16. The van der Waals surface area contributed by atoms with Gasteiger partial charge in [-0.3, -0.25) is 4.68 Å². The molecule has 0 atom stereocenters. The summed E-state index contributed by atoms with van der Waals surface area (Å²) < 4.78 is 28.1. The van der Waals surface area contributed by atoms with E-state index in [1.807, 2.05) is 0 Å². The fraction of sp³-hybridized carbons (Fsp3) is 0.182. The first kappa shape index (κ1) is 11.4. The Morgan fingerprint density at radius 3 is 2.76 bits per heavy atom. The van der Waals surface area contributed by atoms with E-state index in [1.54, 1.807) is 24.0 Å². The van der Waals surface area contributed by atoms with Crippen LogP contribution in [0.1, 0.15) is 5.69 Å². The van der Waals surface area contributed by atoms with E-state index in [9.17, 15) is 8.78 Å². The Morgan fingerprint density at radius 1 is 1.35 bits per heavy atom. The second kappa shape index (κ2) is 4.40. The lowest BCUT2D eigenvalue weighted by Gasteiger charge is -2.09. The third-order valence-electron chi connectivity index (χ3n) is 2.34. The Kier molecular flexibility index (Phi) is 2.95. The van der Waals surface area contributed by atoms with Gasteiger partial charge >= 0.3 is 0 Å². The number of anilines is 2. The number of nitrogens with two attached hydrogens (primary N) is 1. The lowest BCUT2D eigenvalue weighted by molar-refractivity contribution is 0.511. The molecule has 0 saturated carbocycles. The van der Waals surface area contributed by atoms with Crippen LogP contribution in [0.5, 0.6) is 0 Å². The van der Waals surface area contributed by atoms with E-state index < -0.39 is 11.6 Å². The van der Waals surface area contributed by atoms with E-state index in [1.165, 1.54) is 6.07 Å². The summed E-state index contributed by atoms with van der Waals surface area (Å²) in [4.78, 5) is 0. The number of nitrogens with one attached hydrogen (secondary N) is 1. The quantitative estimate of drug-likeness (QED) is 0.803. The van der Waals surface area contributed by atoms with Gasteiger partial charge in [0.25, 0.3) is 0 Å². The second-order valence-corrected chi connectivity index (χ2v) is 3.66. The third-order valence-corrected chi connectivity index (χ3v) is 2.34. The summed E-state index contributed by atoms with van der Waals surface area (Å²) in [5, 5.41) is 6.84. The van der Waals surface area contributed by atoms with Gasteiger partial charge in [-0.15, -0.1) is 0 Å². The van der Waals surface area contributed by atoms with E-state index in [0.717, 1.165) is 11.8 Å². The topological polar surface area (TPSA) is 55.9 Å². The molecule has 1 aromatic heterocycles. The van der Waals surface area contributed by atoms with Crippen molar-refractivity contribution in [3.8, 4) is 0 Å². The molecular weight excluding hydrogens is 226 g/mol. The van der Waals surface area contributed by atoms with Crippen molar-refractivity contribution in [3.63, 3.8) is 0 Å². The normalized spacial score (nSPS) is 10.5. The number of aromatic nitrogens is 2. The molecule has 1 aromatic carbocycles. The monoisotopic (exact) mass is 238 g/mol. The molecule has 0 saturated heterocycles. The molecule has 90 valence electrons. The van der Waals surface area contributed by atoms with Crippen molar-refractivity contribution in [1.82, 2.24) is 9.78 Å².